The fraction of sp³-hybridized carbons (Fsp3) is 0.200. The Morgan fingerprint density at radius 2 is 2.00 bits per heavy atom. The molecule has 0 aromatic heterocycles. The number of dihydropyridines is 1. The van der Waals surface area contributed by atoms with Gasteiger partial charge in [-0.1, -0.05) is 12.2 Å². The molecule has 4 nitrogen and oxygen atoms in total. The highest BCUT2D eigenvalue weighted by molar-refractivity contribution is 8.26. The molecular formula is C5H9NO3S2. The Balaban J connectivity index is 0.000000187. The maximum absolute atomic E-state index is 9.11. The Kier molecular flexibility index (Phi) is 5.05. The second-order valence-corrected chi connectivity index (χ2v) is 3.84. The van der Waals surface area contributed by atoms with Crippen LogP contribution in [0.25, 0.3) is 0 Å². The van der Waals surface area contributed by atoms with Crippen LogP contribution >= 0.6 is 0 Å². The second-order valence-electron chi connectivity index (χ2n) is 1.64. The fourth-order valence-corrected chi connectivity index (χ4v) is 0.406. The normalized spacial score (nSPS) is 14.7. The maximum Gasteiger partial charge on any atom is 0.263 e. The van der Waals surface area contributed by atoms with E-state index in [-0.39, 0.29) is 0 Å². The molecule has 3 N–H and O–H groups in total. The quantitative estimate of drug-likeness (QED) is 0.520. The zero-order valence-corrected chi connectivity index (χ0v) is 7.27. The standard InChI is InChI=1S/C5H7N.H2O3S2/c1-2-4-6-5-3-1;1-5(2,3)4/h1-4,6H,5H2;(H2,1,2,3,4). The highest BCUT2D eigenvalue weighted by Crippen LogP contribution is 1.78. The minimum absolute atomic E-state index is 0.983. The molecule has 0 bridgehead atoms. The zero-order valence-electron chi connectivity index (χ0n) is 5.64. The molecule has 1 heterocycles. The molecule has 0 fully saturated rings. The molecule has 0 aromatic carbocycles. The molecule has 6 heteroatoms. The highest BCUT2D eigenvalue weighted by Gasteiger charge is 1.78. The van der Waals surface area contributed by atoms with E-state index in [1.54, 1.807) is 0 Å². The van der Waals surface area contributed by atoms with Gasteiger partial charge in [0.2, 0.25) is 0 Å². The van der Waals surface area contributed by atoms with Crippen LogP contribution in [0.3, 0.4) is 0 Å². The number of hydrogen-bond acceptors (Lipinski definition) is 3. The van der Waals surface area contributed by atoms with Crippen LogP contribution < -0.4 is 5.32 Å². The van der Waals surface area contributed by atoms with Crippen molar-refractivity contribution in [1.29, 1.82) is 0 Å². The molecule has 0 atom stereocenters. The molecule has 0 radical (unpaired) electrons. The van der Waals surface area contributed by atoms with Crippen molar-refractivity contribution < 1.29 is 13.3 Å². The van der Waals surface area contributed by atoms with Crippen LogP contribution in [0.15, 0.2) is 24.4 Å². The average Bonchev–Trinajstić information content (AvgIpc) is 1.88. The van der Waals surface area contributed by atoms with E-state index in [2.05, 4.69) is 22.6 Å². The van der Waals surface area contributed by atoms with Crippen LogP contribution in [0.5, 0.6) is 0 Å². The van der Waals surface area contributed by atoms with Gasteiger partial charge in [0.25, 0.3) is 9.05 Å². The van der Waals surface area contributed by atoms with Gasteiger partial charge in [-0.15, -0.1) is 0 Å². The predicted molar refractivity (Wildman–Crippen MR) is 47.0 cm³/mol. The van der Waals surface area contributed by atoms with Crippen molar-refractivity contribution in [2.24, 2.45) is 0 Å². The summed E-state index contributed by atoms with van der Waals surface area (Å²) in [7, 11) is -3.83. The summed E-state index contributed by atoms with van der Waals surface area (Å²) >= 11 is 3.47. The number of rotatable bonds is 0. The summed E-state index contributed by atoms with van der Waals surface area (Å²) in [6.07, 6.45) is 8.00. The van der Waals surface area contributed by atoms with Gasteiger partial charge in [-0.2, -0.15) is 4.21 Å². The lowest BCUT2D eigenvalue weighted by Crippen LogP contribution is -2.05. The zero-order chi connectivity index (χ0) is 8.74. The van der Waals surface area contributed by atoms with Crippen molar-refractivity contribution in [1.82, 2.24) is 5.32 Å². The van der Waals surface area contributed by atoms with E-state index < -0.39 is 9.05 Å². The van der Waals surface area contributed by atoms with Crippen molar-refractivity contribution in [3.8, 4) is 0 Å². The molecule has 0 spiro atoms. The first-order chi connectivity index (χ1) is 5.00. The van der Waals surface area contributed by atoms with E-state index in [0.29, 0.717) is 0 Å². The molecule has 0 amide bonds. The van der Waals surface area contributed by atoms with Gasteiger partial charge in [0.05, 0.1) is 0 Å². The Morgan fingerprint density at radius 3 is 2.09 bits per heavy atom. The third-order valence-corrected chi connectivity index (χ3v) is 0.697. The number of nitrogens with one attached hydrogen (secondary N) is 1. The Labute approximate surface area is 70.3 Å². The summed E-state index contributed by atoms with van der Waals surface area (Å²) in [5.74, 6) is 0. The lowest BCUT2D eigenvalue weighted by atomic mass is 10.4. The minimum atomic E-state index is -3.83. The predicted octanol–water partition coefficient (Wildman–Crippen LogP) is 0.338. The molecular weight excluding hydrogens is 186 g/mol. The van der Waals surface area contributed by atoms with Gasteiger partial charge in [0, 0.05) is 17.7 Å². The van der Waals surface area contributed by atoms with Crippen LogP contribution in [-0.2, 0) is 20.2 Å². The van der Waals surface area contributed by atoms with E-state index in [1.807, 2.05) is 18.4 Å². The third kappa shape index (κ3) is 17.7. The van der Waals surface area contributed by atoms with E-state index in [9.17, 15) is 0 Å². The van der Waals surface area contributed by atoms with Gasteiger partial charge in [-0.3, -0.25) is 9.11 Å². The van der Waals surface area contributed by atoms with Crippen LogP contribution in [0, 0.1) is 0 Å². The van der Waals surface area contributed by atoms with Crippen LogP contribution in [0.1, 0.15) is 0 Å². The smallest absolute Gasteiger partial charge is 0.263 e. The van der Waals surface area contributed by atoms with E-state index in [0.717, 1.165) is 6.54 Å². The second kappa shape index (κ2) is 5.25. The Hall–Kier alpha value is -0.430. The van der Waals surface area contributed by atoms with E-state index in [1.165, 1.54) is 0 Å². The van der Waals surface area contributed by atoms with Gasteiger partial charge in [-0.25, -0.2) is 0 Å². The summed E-state index contributed by atoms with van der Waals surface area (Å²) in [5.41, 5.74) is 0. The van der Waals surface area contributed by atoms with Crippen LogP contribution in [0.2, 0.25) is 0 Å². The largest absolute Gasteiger partial charge is 0.387 e. The lowest BCUT2D eigenvalue weighted by molar-refractivity contribution is 0.450. The van der Waals surface area contributed by atoms with E-state index in [4.69, 9.17) is 13.3 Å². The average molecular weight is 195 g/mol. The molecule has 64 valence electrons. The van der Waals surface area contributed by atoms with Crippen molar-refractivity contribution in [2.75, 3.05) is 6.54 Å². The maximum atomic E-state index is 9.11. The first-order valence-corrected chi connectivity index (χ1v) is 5.15. The molecule has 0 saturated heterocycles. The molecule has 0 unspecified atom stereocenters. The van der Waals surface area contributed by atoms with Crippen LogP contribution in [-0.4, -0.2) is 19.9 Å². The van der Waals surface area contributed by atoms with Crippen molar-refractivity contribution in [3.63, 3.8) is 0 Å². The van der Waals surface area contributed by atoms with Crippen molar-refractivity contribution in [3.05, 3.63) is 24.4 Å². The summed E-state index contributed by atoms with van der Waals surface area (Å²) in [6, 6.07) is 0. The summed E-state index contributed by atoms with van der Waals surface area (Å²) < 4.78 is 24.0. The first-order valence-electron chi connectivity index (χ1n) is 2.75. The SMILES string of the molecule is C1=CCNC=C1.O=S(O)(O)=S. The third-order valence-electron chi connectivity index (χ3n) is 0.697. The minimum Gasteiger partial charge on any atom is -0.387 e. The Bertz CT molecular complexity index is 222. The topological polar surface area (TPSA) is 69.6 Å². The van der Waals surface area contributed by atoms with E-state index >= 15 is 0 Å². The Morgan fingerprint density at radius 1 is 1.45 bits per heavy atom. The van der Waals surface area contributed by atoms with Crippen LogP contribution in [0.4, 0.5) is 0 Å². The molecule has 1 aliphatic rings. The lowest BCUT2D eigenvalue weighted by Gasteiger charge is -1.94. The van der Waals surface area contributed by atoms with Gasteiger partial charge in [0.15, 0.2) is 0 Å². The molecule has 1 aliphatic heterocycles. The summed E-state index contributed by atoms with van der Waals surface area (Å²) in [5, 5.41) is 3.02. The molecule has 11 heavy (non-hydrogen) atoms. The highest BCUT2D eigenvalue weighted by atomic mass is 32.9. The van der Waals surface area contributed by atoms with Gasteiger partial charge >= 0.3 is 0 Å². The molecule has 0 saturated carbocycles. The summed E-state index contributed by atoms with van der Waals surface area (Å²) in [6.45, 7) is 0.983. The molecule has 0 aliphatic carbocycles. The van der Waals surface area contributed by atoms with Crippen molar-refractivity contribution in [2.45, 2.75) is 0 Å². The number of hydrogen-bond donors (Lipinski definition) is 3. The molecule has 1 rings (SSSR count). The number of allylic oxidation sites excluding steroid dienone is 2. The van der Waals surface area contributed by atoms with Gasteiger partial charge in [-0.05, 0) is 12.3 Å². The first kappa shape index (κ1) is 10.6. The van der Waals surface area contributed by atoms with Crippen molar-refractivity contribution >= 4 is 20.2 Å². The molecule has 0 aromatic rings. The monoisotopic (exact) mass is 195 g/mol. The van der Waals surface area contributed by atoms with Gasteiger partial charge in [0.1, 0.15) is 0 Å². The van der Waals surface area contributed by atoms with Gasteiger partial charge < -0.3 is 5.32 Å². The summed E-state index contributed by atoms with van der Waals surface area (Å²) in [4.78, 5) is 0. The fourth-order valence-electron chi connectivity index (χ4n) is 0.406.